The first-order valence-corrected chi connectivity index (χ1v) is 7.82. The molecule has 1 unspecified atom stereocenters. The van der Waals surface area contributed by atoms with Crippen LogP contribution in [0, 0.1) is 0 Å². The number of thiol groups is 1. The molecule has 1 atom stereocenters. The molecule has 1 fully saturated rings. The average Bonchev–Trinajstić information content (AvgIpc) is 2.38. The lowest BCUT2D eigenvalue weighted by Crippen LogP contribution is -2.32. The maximum Gasteiger partial charge on any atom is 0.0644 e. The van der Waals surface area contributed by atoms with Crippen molar-refractivity contribution in [2.45, 2.75) is 49.7 Å². The van der Waals surface area contributed by atoms with E-state index >= 15 is 0 Å². The molecule has 0 amide bonds. The number of nitrogens with zero attached hydrogens (tertiary/aromatic N) is 1. The van der Waals surface area contributed by atoms with Gasteiger partial charge in [-0.2, -0.15) is 12.6 Å². The lowest BCUT2D eigenvalue weighted by Gasteiger charge is -2.35. The zero-order valence-electron chi connectivity index (χ0n) is 10.4. The molecule has 3 heteroatoms. The van der Waals surface area contributed by atoms with Gasteiger partial charge in [-0.25, -0.2) is 0 Å². The van der Waals surface area contributed by atoms with Gasteiger partial charge in [-0.3, -0.25) is 0 Å². The Labute approximate surface area is 115 Å². The number of rotatable bonds is 4. The van der Waals surface area contributed by atoms with Gasteiger partial charge in [0.1, 0.15) is 0 Å². The molecule has 1 aromatic carbocycles. The molecular formula is C14H21NS2. The molecule has 0 aliphatic heterocycles. The van der Waals surface area contributed by atoms with Crippen molar-refractivity contribution in [2.75, 3.05) is 4.31 Å². The van der Waals surface area contributed by atoms with Gasteiger partial charge in [-0.15, -0.1) is 0 Å². The molecule has 0 N–H and O–H groups in total. The van der Waals surface area contributed by atoms with E-state index in [9.17, 15) is 0 Å². The third-order valence-electron chi connectivity index (χ3n) is 3.18. The Morgan fingerprint density at radius 3 is 2.41 bits per heavy atom. The standard InChI is InChI=1S/C14H21NS2/c1-12(16)17-15(13-8-4-2-5-9-13)14-10-6-3-7-11-14/h2,4-5,8-9,12,14,16H,3,6-7,10-11H2,1H3. The maximum absolute atomic E-state index is 4.53. The number of para-hydroxylation sites is 1. The summed E-state index contributed by atoms with van der Waals surface area (Å²) < 4.78 is 2.83. The van der Waals surface area contributed by atoms with Crippen LogP contribution in [0.15, 0.2) is 30.3 Å². The van der Waals surface area contributed by atoms with Gasteiger partial charge < -0.3 is 4.31 Å². The van der Waals surface area contributed by atoms with Crippen LogP contribution in [0.5, 0.6) is 0 Å². The Balaban J connectivity index is 2.12. The number of benzene rings is 1. The molecule has 0 saturated heterocycles. The first-order valence-electron chi connectivity index (χ1n) is 6.46. The largest absolute Gasteiger partial charge is 0.312 e. The van der Waals surface area contributed by atoms with E-state index in [1.54, 1.807) is 0 Å². The Hall–Kier alpha value is -0.280. The molecule has 2 rings (SSSR count). The SMILES string of the molecule is CC(S)SN(c1ccccc1)C1CCCCC1. The second kappa shape index (κ2) is 6.60. The fourth-order valence-corrected chi connectivity index (χ4v) is 3.67. The summed E-state index contributed by atoms with van der Waals surface area (Å²) in [6.07, 6.45) is 6.79. The predicted molar refractivity (Wildman–Crippen MR) is 81.8 cm³/mol. The van der Waals surface area contributed by atoms with Gasteiger partial charge in [0.2, 0.25) is 0 Å². The summed E-state index contributed by atoms with van der Waals surface area (Å²) in [6, 6.07) is 11.4. The van der Waals surface area contributed by atoms with Gasteiger partial charge in [-0.1, -0.05) is 37.5 Å². The van der Waals surface area contributed by atoms with Crippen molar-refractivity contribution in [1.82, 2.24) is 0 Å². The highest BCUT2D eigenvalue weighted by atomic mass is 32.2. The molecule has 1 aliphatic carbocycles. The van der Waals surface area contributed by atoms with Crippen LogP contribution >= 0.6 is 24.6 Å². The molecule has 1 aromatic rings. The summed E-state index contributed by atoms with van der Waals surface area (Å²) in [7, 11) is 0. The second-order valence-corrected chi connectivity index (χ2v) is 7.09. The Bertz CT molecular complexity index is 320. The minimum absolute atomic E-state index is 0.345. The molecule has 0 aromatic heterocycles. The first-order chi connectivity index (χ1) is 8.27. The highest BCUT2D eigenvalue weighted by Gasteiger charge is 2.22. The van der Waals surface area contributed by atoms with Crippen molar-refractivity contribution in [1.29, 1.82) is 0 Å². The molecule has 1 aliphatic rings. The zero-order valence-corrected chi connectivity index (χ0v) is 12.1. The van der Waals surface area contributed by atoms with Crippen molar-refractivity contribution >= 4 is 30.3 Å². The molecule has 1 saturated carbocycles. The summed E-state index contributed by atoms with van der Waals surface area (Å²) in [5.41, 5.74) is 1.32. The van der Waals surface area contributed by atoms with Crippen LogP contribution in [0.1, 0.15) is 39.0 Å². The van der Waals surface area contributed by atoms with Crippen LogP contribution in [0.2, 0.25) is 0 Å². The topological polar surface area (TPSA) is 3.24 Å². The Morgan fingerprint density at radius 1 is 1.18 bits per heavy atom. The van der Waals surface area contributed by atoms with E-state index in [-0.39, 0.29) is 0 Å². The Morgan fingerprint density at radius 2 is 1.82 bits per heavy atom. The molecule has 1 nitrogen and oxygen atoms in total. The summed E-state index contributed by atoms with van der Waals surface area (Å²) in [6.45, 7) is 2.15. The van der Waals surface area contributed by atoms with Crippen molar-refractivity contribution < 1.29 is 0 Å². The van der Waals surface area contributed by atoms with E-state index in [1.165, 1.54) is 37.8 Å². The lowest BCUT2D eigenvalue weighted by atomic mass is 9.95. The molecule has 17 heavy (non-hydrogen) atoms. The van der Waals surface area contributed by atoms with Gasteiger partial charge in [0.25, 0.3) is 0 Å². The van der Waals surface area contributed by atoms with Crippen LogP contribution < -0.4 is 4.31 Å². The van der Waals surface area contributed by atoms with Gasteiger partial charge in [0.15, 0.2) is 0 Å². The third kappa shape index (κ3) is 3.85. The maximum atomic E-state index is 4.53. The van der Waals surface area contributed by atoms with E-state index in [4.69, 9.17) is 0 Å². The van der Waals surface area contributed by atoms with Crippen molar-refractivity contribution in [2.24, 2.45) is 0 Å². The zero-order chi connectivity index (χ0) is 12.1. The van der Waals surface area contributed by atoms with Crippen LogP contribution in [0.25, 0.3) is 0 Å². The predicted octanol–water partition coefficient (Wildman–Crippen LogP) is 4.75. The van der Waals surface area contributed by atoms with E-state index in [2.05, 4.69) is 54.2 Å². The minimum Gasteiger partial charge on any atom is -0.312 e. The van der Waals surface area contributed by atoms with Crippen LogP contribution in [-0.2, 0) is 0 Å². The van der Waals surface area contributed by atoms with Gasteiger partial charge in [0, 0.05) is 11.7 Å². The third-order valence-corrected chi connectivity index (χ3v) is 4.51. The van der Waals surface area contributed by atoms with Crippen LogP contribution in [0.3, 0.4) is 0 Å². The van der Waals surface area contributed by atoms with Gasteiger partial charge in [-0.05, 0) is 43.8 Å². The van der Waals surface area contributed by atoms with Crippen LogP contribution in [-0.4, -0.2) is 10.6 Å². The van der Waals surface area contributed by atoms with Crippen molar-refractivity contribution in [3.05, 3.63) is 30.3 Å². The molecule has 0 heterocycles. The number of hydrogen-bond donors (Lipinski definition) is 1. The number of anilines is 1. The van der Waals surface area contributed by atoms with Crippen LogP contribution in [0.4, 0.5) is 5.69 Å². The highest BCUT2D eigenvalue weighted by Crippen LogP contribution is 2.34. The smallest absolute Gasteiger partial charge is 0.0644 e. The quantitative estimate of drug-likeness (QED) is 0.476. The summed E-state index contributed by atoms with van der Waals surface area (Å²) in [5.74, 6) is 0. The minimum atomic E-state index is 0.345. The first kappa shape index (κ1) is 13.2. The van der Waals surface area contributed by atoms with Gasteiger partial charge in [0.05, 0.1) is 4.58 Å². The molecule has 94 valence electrons. The van der Waals surface area contributed by atoms with Crippen molar-refractivity contribution in [3.8, 4) is 0 Å². The normalized spacial score (nSPS) is 18.9. The van der Waals surface area contributed by atoms with E-state index in [0.717, 1.165) is 0 Å². The van der Waals surface area contributed by atoms with E-state index in [1.807, 2.05) is 11.9 Å². The van der Waals surface area contributed by atoms with Crippen molar-refractivity contribution in [3.63, 3.8) is 0 Å². The fourth-order valence-electron chi connectivity index (χ4n) is 2.41. The Kier molecular flexibility index (Phi) is 5.11. The lowest BCUT2D eigenvalue weighted by molar-refractivity contribution is 0.446. The summed E-state index contributed by atoms with van der Waals surface area (Å²) in [5, 5.41) is 0. The average molecular weight is 267 g/mol. The summed E-state index contributed by atoms with van der Waals surface area (Å²) >= 11 is 6.39. The molecular weight excluding hydrogens is 246 g/mol. The monoisotopic (exact) mass is 267 g/mol. The van der Waals surface area contributed by atoms with E-state index < -0.39 is 0 Å². The number of hydrogen-bond acceptors (Lipinski definition) is 3. The fraction of sp³-hybridized carbons (Fsp3) is 0.571. The molecule has 0 radical (unpaired) electrons. The summed E-state index contributed by atoms with van der Waals surface area (Å²) in [4.78, 5) is 0. The van der Waals surface area contributed by atoms with Gasteiger partial charge >= 0.3 is 0 Å². The second-order valence-electron chi connectivity index (χ2n) is 4.66. The van der Waals surface area contributed by atoms with E-state index in [0.29, 0.717) is 10.6 Å². The molecule has 0 bridgehead atoms. The highest BCUT2D eigenvalue weighted by molar-refractivity contribution is 8.11. The molecule has 0 spiro atoms.